The molecule has 2 aromatic carbocycles. The summed E-state index contributed by atoms with van der Waals surface area (Å²) in [4.78, 5) is 30.0. The Morgan fingerprint density at radius 3 is 2.41 bits per heavy atom. The first-order chi connectivity index (χ1) is 16.2. The van der Waals surface area contributed by atoms with Crippen molar-refractivity contribution in [1.29, 1.82) is 0 Å². The molecular weight excluding hydrogens is 454 g/mol. The molecule has 2 atom stereocenters. The second-order valence-electron chi connectivity index (χ2n) is 8.91. The Balaban J connectivity index is 1.69. The Morgan fingerprint density at radius 2 is 1.85 bits per heavy atom. The highest BCUT2D eigenvalue weighted by Crippen LogP contribution is 2.26. The monoisotopic (exact) mass is 485 g/mol. The molecule has 0 bridgehead atoms. The Hall–Kier alpha value is -3.06. The average Bonchev–Trinajstić information content (AvgIpc) is 3.30. The Morgan fingerprint density at radius 1 is 1.15 bits per heavy atom. The van der Waals surface area contributed by atoms with Crippen LogP contribution in [0.25, 0.3) is 0 Å². The maximum Gasteiger partial charge on any atom is 0.251 e. The number of aliphatic imine (C=N–C) groups is 1. The van der Waals surface area contributed by atoms with Crippen LogP contribution in [-0.4, -0.2) is 49.6 Å². The molecule has 2 amide bonds. The largest absolute Gasteiger partial charge is 0.489 e. The first-order valence-electron chi connectivity index (χ1n) is 11.5. The number of rotatable bonds is 9. The molecule has 2 aromatic rings. The van der Waals surface area contributed by atoms with E-state index in [2.05, 4.69) is 29.5 Å². The van der Waals surface area contributed by atoms with Gasteiger partial charge in [-0.2, -0.15) is 0 Å². The van der Waals surface area contributed by atoms with Crippen LogP contribution in [0.2, 0.25) is 5.02 Å². The van der Waals surface area contributed by atoms with Crippen molar-refractivity contribution in [2.45, 2.75) is 52.3 Å². The molecular formula is C26H32ClN3O4. The standard InChI is InChI=1S/C26H32ClN3O4/c1-15(2)22-14-33-26(30-22)18-8-6-17(7-9-18)12-21(25(32)28-5)29-24(31)19-10-11-23(20(27)13-19)34-16(3)4/h6-11,13,15-16,21-22H,12,14H2,1-5H3,(H,28,32)(H,29,31). The number of hydrogen-bond donors (Lipinski definition) is 2. The van der Waals surface area contributed by atoms with Crippen LogP contribution in [0.15, 0.2) is 47.5 Å². The normalized spacial score (nSPS) is 16.1. The van der Waals surface area contributed by atoms with Crippen molar-refractivity contribution >= 4 is 29.3 Å². The molecule has 7 nitrogen and oxygen atoms in total. The van der Waals surface area contributed by atoms with Gasteiger partial charge in [0.1, 0.15) is 18.4 Å². The number of likely N-dealkylation sites (N-methyl/N-ethyl adjacent to an activating group) is 1. The minimum atomic E-state index is -0.751. The van der Waals surface area contributed by atoms with Gasteiger partial charge >= 0.3 is 0 Å². The third-order valence-electron chi connectivity index (χ3n) is 5.51. The number of ether oxygens (including phenoxy) is 2. The SMILES string of the molecule is CNC(=O)C(Cc1ccc(C2=NC(C(C)C)CO2)cc1)NC(=O)c1ccc(OC(C)C)c(Cl)c1. The van der Waals surface area contributed by atoms with Crippen molar-refractivity contribution in [2.24, 2.45) is 10.9 Å². The molecule has 2 N–H and O–H groups in total. The van der Waals surface area contributed by atoms with Crippen molar-refractivity contribution < 1.29 is 19.1 Å². The number of nitrogens with zero attached hydrogens (tertiary/aromatic N) is 1. The molecule has 0 aromatic heterocycles. The number of halogens is 1. The van der Waals surface area contributed by atoms with Gasteiger partial charge in [-0.15, -0.1) is 0 Å². The molecule has 1 aliphatic rings. The zero-order chi connectivity index (χ0) is 24.8. The lowest BCUT2D eigenvalue weighted by molar-refractivity contribution is -0.122. The van der Waals surface area contributed by atoms with Crippen LogP contribution in [0, 0.1) is 5.92 Å². The van der Waals surface area contributed by atoms with Gasteiger partial charge in [0.2, 0.25) is 11.8 Å². The van der Waals surface area contributed by atoms with Gasteiger partial charge in [0.15, 0.2) is 0 Å². The highest BCUT2D eigenvalue weighted by molar-refractivity contribution is 6.32. The molecule has 8 heteroatoms. The summed E-state index contributed by atoms with van der Waals surface area (Å²) in [5.41, 5.74) is 2.14. The summed E-state index contributed by atoms with van der Waals surface area (Å²) in [5, 5.41) is 5.76. The number of benzene rings is 2. The lowest BCUT2D eigenvalue weighted by Crippen LogP contribution is -2.47. The molecule has 0 fully saturated rings. The summed E-state index contributed by atoms with van der Waals surface area (Å²) in [5.74, 6) is 0.889. The van der Waals surface area contributed by atoms with Crippen molar-refractivity contribution in [3.05, 3.63) is 64.2 Å². The Bertz CT molecular complexity index is 1050. The predicted molar refractivity (Wildman–Crippen MR) is 134 cm³/mol. The van der Waals surface area contributed by atoms with E-state index in [1.54, 1.807) is 19.2 Å². The van der Waals surface area contributed by atoms with Crippen molar-refractivity contribution in [3.8, 4) is 5.75 Å². The fraction of sp³-hybridized carbons (Fsp3) is 0.423. The molecule has 0 saturated carbocycles. The van der Waals surface area contributed by atoms with E-state index in [1.807, 2.05) is 38.1 Å². The topological polar surface area (TPSA) is 89.0 Å². The summed E-state index contributed by atoms with van der Waals surface area (Å²) in [6.07, 6.45) is 0.292. The van der Waals surface area contributed by atoms with E-state index in [9.17, 15) is 9.59 Å². The molecule has 3 rings (SSSR count). The predicted octanol–water partition coefficient (Wildman–Crippen LogP) is 4.02. The van der Waals surface area contributed by atoms with Crippen LogP contribution in [0.5, 0.6) is 5.75 Å². The van der Waals surface area contributed by atoms with E-state index in [1.165, 1.54) is 6.07 Å². The molecule has 182 valence electrons. The lowest BCUT2D eigenvalue weighted by Gasteiger charge is -2.18. The number of amides is 2. The number of hydrogen-bond acceptors (Lipinski definition) is 5. The van der Waals surface area contributed by atoms with Crippen LogP contribution in [0.3, 0.4) is 0 Å². The molecule has 1 heterocycles. The van der Waals surface area contributed by atoms with Crippen LogP contribution in [0.1, 0.15) is 49.2 Å². The molecule has 0 radical (unpaired) electrons. The van der Waals surface area contributed by atoms with E-state index in [4.69, 9.17) is 21.1 Å². The number of carbonyl (C=O) groups excluding carboxylic acids is 2. The molecule has 34 heavy (non-hydrogen) atoms. The summed E-state index contributed by atoms with van der Waals surface area (Å²) >= 11 is 6.26. The maximum absolute atomic E-state index is 12.8. The minimum Gasteiger partial charge on any atom is -0.489 e. The van der Waals surface area contributed by atoms with Crippen molar-refractivity contribution in [2.75, 3.05) is 13.7 Å². The zero-order valence-electron chi connectivity index (χ0n) is 20.2. The average molecular weight is 486 g/mol. The van der Waals surface area contributed by atoms with Gasteiger partial charge in [-0.05, 0) is 55.7 Å². The zero-order valence-corrected chi connectivity index (χ0v) is 21.0. The highest BCUT2D eigenvalue weighted by atomic mass is 35.5. The van der Waals surface area contributed by atoms with E-state index in [0.29, 0.717) is 41.2 Å². The Kier molecular flexibility index (Phi) is 8.56. The molecule has 0 saturated heterocycles. The van der Waals surface area contributed by atoms with E-state index in [0.717, 1.165) is 11.1 Å². The van der Waals surface area contributed by atoms with Crippen LogP contribution in [-0.2, 0) is 16.0 Å². The summed E-state index contributed by atoms with van der Waals surface area (Å²) < 4.78 is 11.4. The van der Waals surface area contributed by atoms with Gasteiger partial charge in [0, 0.05) is 24.6 Å². The van der Waals surface area contributed by atoms with E-state index < -0.39 is 11.9 Å². The second kappa shape index (κ2) is 11.4. The molecule has 0 spiro atoms. The van der Waals surface area contributed by atoms with Gasteiger partial charge in [-0.25, -0.2) is 4.99 Å². The van der Waals surface area contributed by atoms with Gasteiger partial charge in [-0.3, -0.25) is 9.59 Å². The van der Waals surface area contributed by atoms with Crippen molar-refractivity contribution in [3.63, 3.8) is 0 Å². The van der Waals surface area contributed by atoms with Gasteiger partial charge < -0.3 is 20.1 Å². The second-order valence-corrected chi connectivity index (χ2v) is 9.32. The third kappa shape index (κ3) is 6.50. The Labute approximate surface area is 205 Å². The number of nitrogens with one attached hydrogen (secondary N) is 2. The van der Waals surface area contributed by atoms with E-state index in [-0.39, 0.29) is 18.1 Å². The van der Waals surface area contributed by atoms with Crippen LogP contribution < -0.4 is 15.4 Å². The summed E-state index contributed by atoms with van der Waals surface area (Å²) in [7, 11) is 1.54. The van der Waals surface area contributed by atoms with E-state index >= 15 is 0 Å². The van der Waals surface area contributed by atoms with Gasteiger partial charge in [-0.1, -0.05) is 37.6 Å². The third-order valence-corrected chi connectivity index (χ3v) is 5.80. The smallest absolute Gasteiger partial charge is 0.251 e. The first kappa shape index (κ1) is 25.6. The molecule has 0 aliphatic carbocycles. The molecule has 2 unspecified atom stereocenters. The fourth-order valence-corrected chi connectivity index (χ4v) is 3.75. The first-order valence-corrected chi connectivity index (χ1v) is 11.8. The highest BCUT2D eigenvalue weighted by Gasteiger charge is 2.24. The lowest BCUT2D eigenvalue weighted by atomic mass is 10.0. The van der Waals surface area contributed by atoms with Crippen LogP contribution >= 0.6 is 11.6 Å². The minimum absolute atomic E-state index is 0.0369. The van der Waals surface area contributed by atoms with Gasteiger partial charge in [0.25, 0.3) is 5.91 Å². The maximum atomic E-state index is 12.8. The summed E-state index contributed by atoms with van der Waals surface area (Å²) in [6, 6.07) is 11.9. The van der Waals surface area contributed by atoms with Gasteiger partial charge in [0.05, 0.1) is 17.2 Å². The summed E-state index contributed by atoms with van der Waals surface area (Å²) in [6.45, 7) is 8.63. The number of carbonyl (C=O) groups is 2. The fourth-order valence-electron chi connectivity index (χ4n) is 3.52. The quantitative estimate of drug-likeness (QED) is 0.561. The molecule has 1 aliphatic heterocycles. The van der Waals surface area contributed by atoms with Crippen molar-refractivity contribution in [1.82, 2.24) is 10.6 Å². The van der Waals surface area contributed by atoms with Crippen LogP contribution in [0.4, 0.5) is 0 Å².